The molecule has 1 unspecified atom stereocenters. The van der Waals surface area contributed by atoms with Crippen molar-refractivity contribution < 1.29 is 25.5 Å². The largest absolute Gasteiger partial charge is 2.00 e. The summed E-state index contributed by atoms with van der Waals surface area (Å²) >= 11 is 0. The van der Waals surface area contributed by atoms with E-state index in [0.29, 0.717) is 11.4 Å². The molecule has 0 N–H and O–H groups in total. The maximum atomic E-state index is 13.2. The predicted octanol–water partition coefficient (Wildman–Crippen LogP) is 5.29. The van der Waals surface area contributed by atoms with E-state index < -0.39 is 10.0 Å². The van der Waals surface area contributed by atoms with Crippen LogP contribution in [0.1, 0.15) is 17.5 Å². The number of allylic oxidation sites excluding steroid dienone is 6. The number of rotatable bonds is 3. The number of hydrogen-bond acceptors (Lipinski definition) is 2. The molecule has 1 saturated heterocycles. The molecular weight excluding hydrogens is 478 g/mol. The van der Waals surface area contributed by atoms with Crippen LogP contribution >= 0.6 is 0 Å². The van der Waals surface area contributed by atoms with Gasteiger partial charge >= 0.3 is 17.1 Å². The SMILES string of the molecule is Cc1ccc(S(=O)(=O)N2CC(=[C-]C#Cc3ccccc3)/C(=C\C3C=CC=CC3)C2)cc1.[CH3-].[Cu+2]. The molecule has 173 valence electrons. The van der Waals surface area contributed by atoms with Crippen molar-refractivity contribution in [1.29, 1.82) is 0 Å². The van der Waals surface area contributed by atoms with E-state index in [-0.39, 0.29) is 37.0 Å². The third-order valence-corrected chi connectivity index (χ3v) is 7.16. The molecule has 2 aromatic carbocycles. The van der Waals surface area contributed by atoms with Gasteiger partial charge in [0.25, 0.3) is 0 Å². The molecule has 1 aliphatic carbocycles. The maximum Gasteiger partial charge on any atom is 2.00 e. The molecule has 2 aliphatic rings. The van der Waals surface area contributed by atoms with Gasteiger partial charge in [0.05, 0.1) is 4.90 Å². The zero-order valence-corrected chi connectivity index (χ0v) is 20.5. The molecule has 33 heavy (non-hydrogen) atoms. The Labute approximate surface area is 209 Å². The summed E-state index contributed by atoms with van der Waals surface area (Å²) in [5.74, 6) is 6.33. The van der Waals surface area contributed by atoms with Crippen molar-refractivity contribution in [3.8, 4) is 11.8 Å². The van der Waals surface area contributed by atoms with Crippen LogP contribution in [0.5, 0.6) is 0 Å². The Kier molecular flexibility index (Phi) is 9.70. The molecule has 1 aliphatic heterocycles. The predicted molar refractivity (Wildman–Crippen MR) is 131 cm³/mol. The second-order valence-corrected chi connectivity index (χ2v) is 9.65. The molecule has 0 saturated carbocycles. The molecule has 4 rings (SSSR count). The Morgan fingerprint density at radius 1 is 1.03 bits per heavy atom. The summed E-state index contributed by atoms with van der Waals surface area (Å²) in [4.78, 5) is 0.314. The molecule has 1 radical (unpaired) electrons. The second kappa shape index (κ2) is 12.0. The summed E-state index contributed by atoms with van der Waals surface area (Å²) in [7, 11) is -3.59. The molecule has 0 spiro atoms. The summed E-state index contributed by atoms with van der Waals surface area (Å²) in [5, 5.41) is 0. The fourth-order valence-electron chi connectivity index (χ4n) is 3.60. The molecule has 1 atom stereocenters. The summed E-state index contributed by atoms with van der Waals surface area (Å²) in [6.07, 6.45) is 14.6. The van der Waals surface area contributed by atoms with Crippen LogP contribution in [0.2, 0.25) is 0 Å². The minimum Gasteiger partial charge on any atom is -0.358 e. The number of aryl methyl sites for hydroxylation is 1. The summed E-state index contributed by atoms with van der Waals surface area (Å²) < 4.78 is 28.0. The topological polar surface area (TPSA) is 37.4 Å². The van der Waals surface area contributed by atoms with Crippen molar-refractivity contribution in [2.75, 3.05) is 13.1 Å². The molecule has 0 bridgehead atoms. The fourth-order valence-corrected chi connectivity index (χ4v) is 4.99. The molecule has 0 amide bonds. The Morgan fingerprint density at radius 3 is 2.42 bits per heavy atom. The zero-order valence-electron chi connectivity index (χ0n) is 18.8. The first-order valence-corrected chi connectivity index (χ1v) is 11.8. The Hall–Kier alpha value is -2.61. The van der Waals surface area contributed by atoms with Crippen molar-refractivity contribution in [3.63, 3.8) is 0 Å². The van der Waals surface area contributed by atoms with E-state index in [2.05, 4.69) is 36.1 Å². The van der Waals surface area contributed by atoms with E-state index in [9.17, 15) is 8.42 Å². The van der Waals surface area contributed by atoms with Crippen LogP contribution in [0, 0.1) is 38.2 Å². The van der Waals surface area contributed by atoms with Gasteiger partial charge in [0, 0.05) is 6.54 Å². The van der Waals surface area contributed by atoms with E-state index >= 15 is 0 Å². The van der Waals surface area contributed by atoms with Gasteiger partial charge in [-0.25, -0.2) is 24.6 Å². The molecule has 3 nitrogen and oxygen atoms in total. The molecule has 1 fully saturated rings. The van der Waals surface area contributed by atoms with Gasteiger partial charge in [-0.1, -0.05) is 72.3 Å². The van der Waals surface area contributed by atoms with Crippen molar-refractivity contribution in [2.24, 2.45) is 5.92 Å². The van der Waals surface area contributed by atoms with Crippen LogP contribution in [0.3, 0.4) is 0 Å². The fraction of sp³-hybridized carbons (Fsp3) is 0.179. The van der Waals surface area contributed by atoms with Gasteiger partial charge in [-0.15, -0.1) is 23.3 Å². The summed E-state index contributed by atoms with van der Waals surface area (Å²) in [6, 6.07) is 16.7. The van der Waals surface area contributed by atoms with E-state index in [0.717, 1.165) is 28.7 Å². The zero-order chi connectivity index (χ0) is 21.7. The van der Waals surface area contributed by atoms with Gasteiger partial charge in [0.1, 0.15) is 0 Å². The van der Waals surface area contributed by atoms with Crippen molar-refractivity contribution >= 4 is 10.0 Å². The van der Waals surface area contributed by atoms with Crippen LogP contribution in [0.15, 0.2) is 101 Å². The smallest absolute Gasteiger partial charge is 0.358 e. The van der Waals surface area contributed by atoms with E-state index in [4.69, 9.17) is 0 Å². The maximum absolute atomic E-state index is 13.2. The van der Waals surface area contributed by atoms with Crippen LogP contribution in [-0.2, 0) is 27.1 Å². The molecule has 2 aromatic rings. The Morgan fingerprint density at radius 2 is 1.76 bits per heavy atom. The molecule has 5 heteroatoms. The Balaban J connectivity index is 0.00000193. The molecule has 1 heterocycles. The van der Waals surface area contributed by atoms with Gasteiger partial charge in [-0.3, -0.25) is 0 Å². The minimum absolute atomic E-state index is 0. The average Bonchev–Trinajstić information content (AvgIpc) is 3.19. The van der Waals surface area contributed by atoms with Crippen LogP contribution < -0.4 is 0 Å². The average molecular weight is 505 g/mol. The first-order chi connectivity index (χ1) is 15.0. The van der Waals surface area contributed by atoms with Gasteiger partial charge in [-0.05, 0) is 43.5 Å². The van der Waals surface area contributed by atoms with E-state index in [1.165, 1.54) is 4.31 Å². The standard InChI is InChI=1S/C27H24NO2S.CH3.Cu/c1-22-15-17-27(18-16-22)31(29,30)28-20-25(14-8-13-23-9-4-2-5-10-23)26(21-28)19-24-11-6-3-7-12-24;;/h2-7,9-11,15-19,24H,12,20-21H2,1H3;1H3;/q2*-1;+2/b26-19-;;. The van der Waals surface area contributed by atoms with Gasteiger partial charge < -0.3 is 7.43 Å². The second-order valence-electron chi connectivity index (χ2n) is 7.71. The van der Waals surface area contributed by atoms with Gasteiger partial charge in [0.2, 0.25) is 10.0 Å². The van der Waals surface area contributed by atoms with Crippen LogP contribution in [-0.4, -0.2) is 25.8 Å². The molecule has 0 aromatic heterocycles. The quantitative estimate of drug-likeness (QED) is 0.323. The van der Waals surface area contributed by atoms with Crippen molar-refractivity contribution in [3.05, 3.63) is 121 Å². The normalized spacial score (nSPS) is 20.1. The van der Waals surface area contributed by atoms with Crippen molar-refractivity contribution in [2.45, 2.75) is 18.2 Å². The Bertz CT molecular complexity index is 1230. The number of sulfonamides is 1. The van der Waals surface area contributed by atoms with Gasteiger partial charge in [-0.2, -0.15) is 0 Å². The van der Waals surface area contributed by atoms with Crippen molar-refractivity contribution in [1.82, 2.24) is 4.31 Å². The third kappa shape index (κ3) is 6.69. The first kappa shape index (κ1) is 26.6. The number of hydrogen-bond donors (Lipinski definition) is 0. The van der Waals surface area contributed by atoms with E-state index in [1.54, 1.807) is 12.1 Å². The summed E-state index contributed by atoms with van der Waals surface area (Å²) in [6.45, 7) is 2.55. The van der Waals surface area contributed by atoms with Crippen LogP contribution in [0.25, 0.3) is 0 Å². The molecular formula is C28H27CuNO2S. The monoisotopic (exact) mass is 504 g/mol. The minimum atomic E-state index is -3.59. The van der Waals surface area contributed by atoms with Crippen LogP contribution in [0.4, 0.5) is 0 Å². The third-order valence-electron chi connectivity index (χ3n) is 5.35. The number of benzene rings is 2. The van der Waals surface area contributed by atoms with Gasteiger partial charge in [0.15, 0.2) is 0 Å². The number of nitrogens with zero attached hydrogens (tertiary/aromatic N) is 1. The first-order valence-electron chi connectivity index (χ1n) is 10.3. The summed E-state index contributed by atoms with van der Waals surface area (Å²) in [5.41, 5.74) is 3.75. The van der Waals surface area contributed by atoms with E-state index in [1.807, 2.05) is 61.5 Å².